The molecule has 0 bridgehead atoms. The molecule has 0 unspecified atom stereocenters. The van der Waals surface area contributed by atoms with Gasteiger partial charge in [0.2, 0.25) is 5.91 Å². The van der Waals surface area contributed by atoms with Crippen molar-refractivity contribution in [1.82, 2.24) is 19.8 Å². The highest BCUT2D eigenvalue weighted by Crippen LogP contribution is 2.30. The lowest BCUT2D eigenvalue weighted by Gasteiger charge is -2.44. The number of nitrogens with zero attached hydrogens (tertiary/aromatic N) is 3. The Morgan fingerprint density at radius 2 is 2.00 bits per heavy atom. The Labute approximate surface area is 159 Å². The van der Waals surface area contributed by atoms with E-state index in [4.69, 9.17) is 0 Å². The van der Waals surface area contributed by atoms with Crippen molar-refractivity contribution in [2.45, 2.75) is 51.1 Å². The fourth-order valence-electron chi connectivity index (χ4n) is 4.64. The molecule has 4 rings (SSSR count). The maximum atomic E-state index is 12.5. The monoisotopic (exact) mass is 368 g/mol. The fraction of sp³-hybridized carbons (Fsp3) is 0.571. The molecule has 2 saturated heterocycles. The molecule has 2 aromatic rings. The van der Waals surface area contributed by atoms with Crippen LogP contribution in [-0.2, 0) is 11.3 Å². The minimum atomic E-state index is -0.0847. The molecule has 1 amide bonds. The van der Waals surface area contributed by atoms with Crippen LogP contribution in [-0.4, -0.2) is 46.0 Å². The molecular weight excluding hydrogens is 340 g/mol. The van der Waals surface area contributed by atoms with Crippen LogP contribution in [0.2, 0.25) is 0 Å². The standard InChI is InChI=1S/C21H28N4O2/c26-20(22-14-16-6-5-12-24-11-4-3-9-19(16)24)10-13-25-15-23-18-8-2-1-7-17(18)21(25)27/h1-2,7-8,15-16,19H,3-6,9-14H2,(H,22,26)/t16-,19+/m1/s1. The van der Waals surface area contributed by atoms with Crippen LogP contribution in [0, 0.1) is 5.92 Å². The van der Waals surface area contributed by atoms with E-state index < -0.39 is 0 Å². The molecule has 3 heterocycles. The van der Waals surface area contributed by atoms with Gasteiger partial charge < -0.3 is 10.2 Å². The van der Waals surface area contributed by atoms with Gasteiger partial charge in [-0.2, -0.15) is 0 Å². The molecule has 6 nitrogen and oxygen atoms in total. The number of piperidine rings is 2. The highest BCUT2D eigenvalue weighted by Gasteiger charge is 2.32. The van der Waals surface area contributed by atoms with Gasteiger partial charge in [-0.3, -0.25) is 14.2 Å². The van der Waals surface area contributed by atoms with Gasteiger partial charge in [0, 0.05) is 25.6 Å². The molecule has 6 heteroatoms. The summed E-state index contributed by atoms with van der Waals surface area (Å²) in [5.41, 5.74) is 0.607. The molecule has 0 aliphatic carbocycles. The van der Waals surface area contributed by atoms with E-state index in [0.717, 1.165) is 6.54 Å². The predicted octanol–water partition coefficient (Wildman–Crippen LogP) is 2.17. The second kappa shape index (κ2) is 8.21. The van der Waals surface area contributed by atoms with Gasteiger partial charge in [-0.1, -0.05) is 18.6 Å². The number of hydrogen-bond donors (Lipinski definition) is 1. The molecule has 144 valence electrons. The molecule has 0 radical (unpaired) electrons. The summed E-state index contributed by atoms with van der Waals surface area (Å²) < 4.78 is 1.53. The van der Waals surface area contributed by atoms with Crippen molar-refractivity contribution in [3.05, 3.63) is 40.9 Å². The van der Waals surface area contributed by atoms with Gasteiger partial charge in [-0.05, 0) is 56.8 Å². The first kappa shape index (κ1) is 18.2. The lowest BCUT2D eigenvalue weighted by Crippen LogP contribution is -2.51. The van der Waals surface area contributed by atoms with Crippen molar-refractivity contribution in [2.24, 2.45) is 5.92 Å². The highest BCUT2D eigenvalue weighted by atomic mass is 16.1. The summed E-state index contributed by atoms with van der Waals surface area (Å²) in [7, 11) is 0. The molecule has 0 saturated carbocycles. The first-order valence-electron chi connectivity index (χ1n) is 10.2. The Morgan fingerprint density at radius 3 is 2.93 bits per heavy atom. The second-order valence-corrected chi connectivity index (χ2v) is 7.82. The predicted molar refractivity (Wildman–Crippen MR) is 106 cm³/mol. The average Bonchev–Trinajstić information content (AvgIpc) is 2.72. The number of fused-ring (bicyclic) bond motifs is 2. The number of aryl methyl sites for hydroxylation is 1. The largest absolute Gasteiger partial charge is 0.356 e. The third-order valence-corrected chi connectivity index (χ3v) is 6.10. The number of nitrogens with one attached hydrogen (secondary N) is 1. The van der Waals surface area contributed by atoms with Gasteiger partial charge in [-0.15, -0.1) is 0 Å². The van der Waals surface area contributed by atoms with E-state index in [0.29, 0.717) is 35.8 Å². The van der Waals surface area contributed by atoms with Crippen LogP contribution in [0.4, 0.5) is 0 Å². The van der Waals surface area contributed by atoms with Crippen LogP contribution in [0.3, 0.4) is 0 Å². The van der Waals surface area contributed by atoms with E-state index >= 15 is 0 Å². The van der Waals surface area contributed by atoms with Crippen molar-refractivity contribution >= 4 is 16.8 Å². The van der Waals surface area contributed by atoms with Gasteiger partial charge in [0.1, 0.15) is 0 Å². The van der Waals surface area contributed by atoms with Gasteiger partial charge in [0.25, 0.3) is 5.56 Å². The van der Waals surface area contributed by atoms with Crippen LogP contribution in [0.1, 0.15) is 38.5 Å². The lowest BCUT2D eigenvalue weighted by molar-refractivity contribution is -0.121. The first-order chi connectivity index (χ1) is 13.2. The maximum absolute atomic E-state index is 12.5. The Hall–Kier alpha value is -2.21. The van der Waals surface area contributed by atoms with Crippen LogP contribution in [0.15, 0.2) is 35.4 Å². The van der Waals surface area contributed by atoms with Crippen LogP contribution >= 0.6 is 0 Å². The lowest BCUT2D eigenvalue weighted by atomic mass is 9.83. The zero-order chi connectivity index (χ0) is 18.6. The Bertz CT molecular complexity index is 861. The smallest absolute Gasteiger partial charge is 0.261 e. The third-order valence-electron chi connectivity index (χ3n) is 6.10. The molecule has 2 atom stereocenters. The van der Waals surface area contributed by atoms with Crippen LogP contribution in [0.25, 0.3) is 10.9 Å². The van der Waals surface area contributed by atoms with Gasteiger partial charge in [0.15, 0.2) is 0 Å². The van der Waals surface area contributed by atoms with Crippen molar-refractivity contribution in [3.63, 3.8) is 0 Å². The second-order valence-electron chi connectivity index (χ2n) is 7.82. The number of carbonyl (C=O) groups is 1. The van der Waals surface area contributed by atoms with E-state index in [-0.39, 0.29) is 11.5 Å². The molecule has 1 N–H and O–H groups in total. The maximum Gasteiger partial charge on any atom is 0.261 e. The number of hydrogen-bond acceptors (Lipinski definition) is 4. The minimum absolute atomic E-state index is 0.0167. The third kappa shape index (κ3) is 4.05. The number of rotatable bonds is 5. The highest BCUT2D eigenvalue weighted by molar-refractivity contribution is 5.77. The van der Waals surface area contributed by atoms with E-state index in [1.165, 1.54) is 49.8 Å². The Balaban J connectivity index is 1.31. The summed E-state index contributed by atoms with van der Waals surface area (Å²) in [6, 6.07) is 7.94. The van der Waals surface area contributed by atoms with E-state index in [1.54, 1.807) is 12.4 Å². The molecule has 2 aliphatic heterocycles. The van der Waals surface area contributed by atoms with E-state index in [9.17, 15) is 9.59 Å². The zero-order valence-electron chi connectivity index (χ0n) is 15.8. The van der Waals surface area contributed by atoms with Crippen molar-refractivity contribution in [3.8, 4) is 0 Å². The zero-order valence-corrected chi connectivity index (χ0v) is 15.8. The molecule has 2 fully saturated rings. The van der Waals surface area contributed by atoms with E-state index in [1.807, 2.05) is 18.2 Å². The van der Waals surface area contributed by atoms with Crippen LogP contribution in [0.5, 0.6) is 0 Å². The quantitative estimate of drug-likeness (QED) is 0.878. The number of amides is 1. The number of carbonyl (C=O) groups excluding carboxylic acids is 1. The molecule has 27 heavy (non-hydrogen) atoms. The van der Waals surface area contributed by atoms with Gasteiger partial charge in [-0.25, -0.2) is 4.98 Å². The van der Waals surface area contributed by atoms with Crippen LogP contribution < -0.4 is 10.9 Å². The number of aromatic nitrogens is 2. The molecular formula is C21H28N4O2. The molecule has 1 aromatic carbocycles. The summed E-state index contributed by atoms with van der Waals surface area (Å²) in [5.74, 6) is 0.580. The summed E-state index contributed by atoms with van der Waals surface area (Å²) in [6.45, 7) is 3.55. The van der Waals surface area contributed by atoms with E-state index in [2.05, 4.69) is 15.2 Å². The summed E-state index contributed by atoms with van der Waals surface area (Å²) in [5, 5.41) is 3.71. The minimum Gasteiger partial charge on any atom is -0.356 e. The average molecular weight is 368 g/mol. The fourth-order valence-corrected chi connectivity index (χ4v) is 4.64. The Kier molecular flexibility index (Phi) is 5.53. The normalized spacial score (nSPS) is 23.1. The summed E-state index contributed by atoms with van der Waals surface area (Å²) in [6.07, 6.45) is 8.16. The molecule has 1 aromatic heterocycles. The summed E-state index contributed by atoms with van der Waals surface area (Å²) in [4.78, 5) is 31.7. The number of benzene rings is 1. The SMILES string of the molecule is O=C(CCn1cnc2ccccc2c1=O)NC[C@H]1CCCN2CCCC[C@@H]12. The molecule has 0 spiro atoms. The van der Waals surface area contributed by atoms with Gasteiger partial charge >= 0.3 is 0 Å². The first-order valence-corrected chi connectivity index (χ1v) is 10.2. The Morgan fingerprint density at radius 1 is 1.15 bits per heavy atom. The van der Waals surface area contributed by atoms with Crippen molar-refractivity contribution in [2.75, 3.05) is 19.6 Å². The topological polar surface area (TPSA) is 67.2 Å². The molecule has 2 aliphatic rings. The number of para-hydroxylation sites is 1. The van der Waals surface area contributed by atoms with Crippen molar-refractivity contribution in [1.29, 1.82) is 0 Å². The van der Waals surface area contributed by atoms with Gasteiger partial charge in [0.05, 0.1) is 17.2 Å². The summed E-state index contributed by atoms with van der Waals surface area (Å²) >= 11 is 0. The van der Waals surface area contributed by atoms with Crippen molar-refractivity contribution < 1.29 is 4.79 Å².